The molecule has 32 heavy (non-hydrogen) atoms. The Labute approximate surface area is 192 Å². The molecule has 8 heteroatoms. The fourth-order valence-corrected chi connectivity index (χ4v) is 4.93. The van der Waals surface area contributed by atoms with Crippen molar-refractivity contribution in [1.29, 1.82) is 0 Å². The number of H-pyrrole nitrogens is 1. The van der Waals surface area contributed by atoms with Gasteiger partial charge in [-0.15, -0.1) is 0 Å². The van der Waals surface area contributed by atoms with E-state index in [4.69, 9.17) is 16.3 Å². The maximum atomic E-state index is 13.4. The number of halogens is 1. The van der Waals surface area contributed by atoms with Gasteiger partial charge in [-0.2, -0.15) is 0 Å². The molecule has 168 valence electrons. The molecule has 3 aliphatic rings. The Morgan fingerprint density at radius 1 is 1.16 bits per heavy atom. The molecule has 1 fully saturated rings. The molecule has 0 radical (unpaired) electrons. The van der Waals surface area contributed by atoms with Crippen LogP contribution in [0.4, 0.5) is 5.69 Å². The molecule has 2 amide bonds. The van der Waals surface area contributed by atoms with Gasteiger partial charge in [-0.3, -0.25) is 14.5 Å². The lowest BCUT2D eigenvalue weighted by Crippen LogP contribution is -2.43. The molecule has 3 aliphatic heterocycles. The third-order valence-corrected chi connectivity index (χ3v) is 6.80. The molecule has 1 saturated heterocycles. The number of anilines is 1. The van der Waals surface area contributed by atoms with Crippen molar-refractivity contribution in [3.8, 4) is 0 Å². The number of carbonyl (C=O) groups is 2. The second-order valence-corrected chi connectivity index (χ2v) is 9.01. The summed E-state index contributed by atoms with van der Waals surface area (Å²) < 4.78 is 5.42. The van der Waals surface area contributed by atoms with Gasteiger partial charge in [0.1, 0.15) is 0 Å². The second kappa shape index (κ2) is 8.73. The van der Waals surface area contributed by atoms with Crippen LogP contribution in [-0.2, 0) is 16.0 Å². The third-order valence-electron chi connectivity index (χ3n) is 6.57. The standard InChI is InChI=1S/C24H27ClN4O3/c1-15-21(14-18-17-13-16(25)4-5-19(17)27-23(18)30)26-20-3-2-6-29(24(31)22(15)20)8-7-28-9-11-32-12-10-28/h4-5,13-14,26H,2-3,6-12H2,1H3,(H,27,30)/b18-14-. The van der Waals surface area contributed by atoms with Gasteiger partial charge < -0.3 is 19.9 Å². The lowest BCUT2D eigenvalue weighted by molar-refractivity contribution is -0.110. The molecule has 0 saturated carbocycles. The van der Waals surface area contributed by atoms with E-state index < -0.39 is 0 Å². The van der Waals surface area contributed by atoms with Gasteiger partial charge >= 0.3 is 0 Å². The highest BCUT2D eigenvalue weighted by Crippen LogP contribution is 2.36. The predicted molar refractivity (Wildman–Crippen MR) is 125 cm³/mol. The first-order valence-corrected chi connectivity index (χ1v) is 11.5. The summed E-state index contributed by atoms with van der Waals surface area (Å²) in [5, 5.41) is 3.46. The number of fused-ring (bicyclic) bond motifs is 2. The molecule has 0 aliphatic carbocycles. The number of aromatic amines is 1. The Bertz CT molecular complexity index is 1100. The average Bonchev–Trinajstić information content (AvgIpc) is 3.20. The summed E-state index contributed by atoms with van der Waals surface area (Å²) >= 11 is 6.16. The number of ether oxygens (including phenoxy) is 1. The third kappa shape index (κ3) is 3.96. The van der Waals surface area contributed by atoms with E-state index in [1.54, 1.807) is 12.1 Å². The van der Waals surface area contributed by atoms with Crippen molar-refractivity contribution in [3.63, 3.8) is 0 Å². The normalized spacial score (nSPS) is 20.3. The number of hydrogen-bond donors (Lipinski definition) is 2. The number of nitrogens with one attached hydrogen (secondary N) is 2. The highest BCUT2D eigenvalue weighted by molar-refractivity contribution is 6.36. The average molecular weight is 455 g/mol. The zero-order valence-electron chi connectivity index (χ0n) is 18.2. The molecule has 0 bridgehead atoms. The molecule has 5 rings (SSSR count). The minimum atomic E-state index is -0.162. The lowest BCUT2D eigenvalue weighted by atomic mass is 10.0. The highest BCUT2D eigenvalue weighted by Gasteiger charge is 2.29. The van der Waals surface area contributed by atoms with Gasteiger partial charge in [-0.25, -0.2) is 0 Å². The summed E-state index contributed by atoms with van der Waals surface area (Å²) in [6, 6.07) is 5.36. The fraction of sp³-hybridized carbons (Fsp3) is 0.417. The molecular formula is C24H27ClN4O3. The number of rotatable bonds is 4. The van der Waals surface area contributed by atoms with Crippen molar-refractivity contribution in [2.75, 3.05) is 51.3 Å². The molecule has 2 aromatic rings. The van der Waals surface area contributed by atoms with E-state index in [1.807, 2.05) is 24.0 Å². The van der Waals surface area contributed by atoms with Gasteiger partial charge in [-0.1, -0.05) is 11.6 Å². The van der Waals surface area contributed by atoms with Crippen LogP contribution in [0.5, 0.6) is 0 Å². The van der Waals surface area contributed by atoms with Gasteiger partial charge in [0.15, 0.2) is 0 Å². The van der Waals surface area contributed by atoms with E-state index in [1.165, 1.54) is 0 Å². The van der Waals surface area contributed by atoms with Crippen LogP contribution in [0.3, 0.4) is 0 Å². The van der Waals surface area contributed by atoms with Gasteiger partial charge in [0.2, 0.25) is 0 Å². The topological polar surface area (TPSA) is 77.7 Å². The van der Waals surface area contributed by atoms with Crippen molar-refractivity contribution < 1.29 is 14.3 Å². The molecule has 0 unspecified atom stereocenters. The van der Waals surface area contributed by atoms with Crippen molar-refractivity contribution in [2.45, 2.75) is 19.8 Å². The SMILES string of the molecule is Cc1c(/C=C2\C(=O)Nc3ccc(Cl)cc32)[nH]c2c1C(=O)N(CCN1CCOCC1)CCC2. The number of nitrogens with zero attached hydrogens (tertiary/aromatic N) is 2. The van der Waals surface area contributed by atoms with E-state index in [-0.39, 0.29) is 11.8 Å². The van der Waals surface area contributed by atoms with Crippen LogP contribution in [0.1, 0.15) is 39.3 Å². The van der Waals surface area contributed by atoms with Crippen LogP contribution in [-0.4, -0.2) is 72.5 Å². The zero-order valence-corrected chi connectivity index (χ0v) is 18.9. The monoisotopic (exact) mass is 454 g/mol. The number of hydrogen-bond acceptors (Lipinski definition) is 4. The van der Waals surface area contributed by atoms with Gasteiger partial charge in [-0.05, 0) is 49.6 Å². The summed E-state index contributed by atoms with van der Waals surface area (Å²) in [6.07, 6.45) is 3.57. The fourth-order valence-electron chi connectivity index (χ4n) is 4.76. The highest BCUT2D eigenvalue weighted by atomic mass is 35.5. The largest absolute Gasteiger partial charge is 0.379 e. The number of aromatic nitrogens is 1. The molecule has 0 spiro atoms. The second-order valence-electron chi connectivity index (χ2n) is 8.57. The van der Waals surface area contributed by atoms with E-state index in [0.717, 1.165) is 86.0 Å². The van der Waals surface area contributed by atoms with Crippen molar-refractivity contribution in [3.05, 3.63) is 51.3 Å². The summed E-state index contributed by atoms with van der Waals surface area (Å²) in [5.74, 6) is -0.0894. The van der Waals surface area contributed by atoms with E-state index in [2.05, 4.69) is 15.2 Å². The first-order chi connectivity index (χ1) is 15.5. The van der Waals surface area contributed by atoms with Crippen LogP contribution in [0.2, 0.25) is 5.02 Å². The Hall–Kier alpha value is -2.61. The van der Waals surface area contributed by atoms with Crippen LogP contribution in [0, 0.1) is 6.92 Å². The van der Waals surface area contributed by atoms with Gasteiger partial charge in [0.25, 0.3) is 11.8 Å². The van der Waals surface area contributed by atoms with Crippen LogP contribution in [0.25, 0.3) is 11.6 Å². The van der Waals surface area contributed by atoms with E-state index in [9.17, 15) is 9.59 Å². The quantitative estimate of drug-likeness (QED) is 0.695. The minimum Gasteiger partial charge on any atom is -0.379 e. The van der Waals surface area contributed by atoms with Crippen molar-refractivity contribution in [1.82, 2.24) is 14.8 Å². The molecule has 7 nitrogen and oxygen atoms in total. The summed E-state index contributed by atoms with van der Waals surface area (Å²) in [6.45, 7) is 7.65. The van der Waals surface area contributed by atoms with E-state index in [0.29, 0.717) is 17.1 Å². The van der Waals surface area contributed by atoms with Crippen LogP contribution in [0.15, 0.2) is 18.2 Å². The Morgan fingerprint density at radius 3 is 2.78 bits per heavy atom. The van der Waals surface area contributed by atoms with Gasteiger partial charge in [0, 0.05) is 60.4 Å². The minimum absolute atomic E-state index is 0.0727. The van der Waals surface area contributed by atoms with E-state index >= 15 is 0 Å². The summed E-state index contributed by atoms with van der Waals surface area (Å²) in [5.41, 5.74) is 5.49. The predicted octanol–water partition coefficient (Wildman–Crippen LogP) is 3.19. The summed E-state index contributed by atoms with van der Waals surface area (Å²) in [7, 11) is 0. The molecule has 1 aromatic heterocycles. The van der Waals surface area contributed by atoms with Crippen LogP contribution >= 0.6 is 11.6 Å². The Balaban J connectivity index is 1.41. The number of benzene rings is 1. The number of aryl methyl sites for hydroxylation is 1. The zero-order chi connectivity index (χ0) is 22.2. The van der Waals surface area contributed by atoms with Crippen molar-refractivity contribution in [2.24, 2.45) is 0 Å². The Morgan fingerprint density at radius 2 is 1.97 bits per heavy atom. The van der Waals surface area contributed by atoms with Crippen LogP contribution < -0.4 is 5.32 Å². The summed E-state index contributed by atoms with van der Waals surface area (Å²) in [4.78, 5) is 33.8. The van der Waals surface area contributed by atoms with Gasteiger partial charge in [0.05, 0.1) is 24.4 Å². The first-order valence-electron chi connectivity index (χ1n) is 11.1. The Kier molecular flexibility index (Phi) is 5.80. The number of carbonyl (C=O) groups excluding carboxylic acids is 2. The molecular weight excluding hydrogens is 428 g/mol. The maximum absolute atomic E-state index is 13.4. The first kappa shape index (κ1) is 21.2. The molecule has 1 aromatic carbocycles. The number of morpholine rings is 1. The molecule has 2 N–H and O–H groups in total. The molecule has 0 atom stereocenters. The number of amides is 2. The lowest BCUT2D eigenvalue weighted by Gasteiger charge is -2.29. The molecule has 4 heterocycles. The maximum Gasteiger partial charge on any atom is 0.256 e. The van der Waals surface area contributed by atoms with Crippen molar-refractivity contribution >= 4 is 40.8 Å². The smallest absolute Gasteiger partial charge is 0.256 e.